The normalized spacial score (nSPS) is 10.8. The Morgan fingerprint density at radius 1 is 1.44 bits per heavy atom. The zero-order valence-electron chi connectivity index (χ0n) is 10.9. The standard InChI is InChI=1S/C13H23N3/c1-10(2)7-9-16-12(4)13(6-8-14-5)11(3)15-16/h14H,1,6-9H2,2-5H3. The Balaban J connectivity index is 2.75. The molecule has 3 nitrogen and oxygen atoms in total. The number of aryl methyl sites for hydroxylation is 2. The molecule has 1 N–H and O–H groups in total. The number of aromatic nitrogens is 2. The first-order chi connectivity index (χ1) is 7.56. The van der Waals surface area contributed by atoms with Crippen molar-refractivity contribution < 1.29 is 0 Å². The zero-order valence-corrected chi connectivity index (χ0v) is 10.9. The number of nitrogens with one attached hydrogen (secondary N) is 1. The Kier molecular flexibility index (Phi) is 4.74. The highest BCUT2D eigenvalue weighted by molar-refractivity contribution is 5.24. The highest BCUT2D eigenvalue weighted by atomic mass is 15.3. The largest absolute Gasteiger partial charge is 0.319 e. The molecule has 1 rings (SSSR count). The minimum absolute atomic E-state index is 0.946. The Bertz CT molecular complexity index is 363. The smallest absolute Gasteiger partial charge is 0.0628 e. The van der Waals surface area contributed by atoms with Crippen LogP contribution in [0.2, 0.25) is 0 Å². The molecule has 0 atom stereocenters. The first-order valence-electron chi connectivity index (χ1n) is 5.88. The summed E-state index contributed by atoms with van der Waals surface area (Å²) in [6.45, 7) is 12.2. The van der Waals surface area contributed by atoms with Gasteiger partial charge in [0.25, 0.3) is 0 Å². The molecule has 0 saturated carbocycles. The van der Waals surface area contributed by atoms with Crippen LogP contribution in [0.4, 0.5) is 0 Å². The lowest BCUT2D eigenvalue weighted by Crippen LogP contribution is -2.11. The third-order valence-electron chi connectivity index (χ3n) is 2.91. The number of likely N-dealkylation sites (N-methyl/N-ethyl adjacent to an activating group) is 1. The van der Waals surface area contributed by atoms with Gasteiger partial charge < -0.3 is 5.32 Å². The summed E-state index contributed by atoms with van der Waals surface area (Å²) in [6, 6.07) is 0. The molecular weight excluding hydrogens is 198 g/mol. The molecule has 0 aliphatic carbocycles. The minimum Gasteiger partial charge on any atom is -0.319 e. The van der Waals surface area contributed by atoms with Gasteiger partial charge in [0.15, 0.2) is 0 Å². The van der Waals surface area contributed by atoms with Gasteiger partial charge in [0.05, 0.1) is 5.69 Å². The van der Waals surface area contributed by atoms with E-state index in [1.807, 2.05) is 7.05 Å². The molecule has 0 aromatic carbocycles. The van der Waals surface area contributed by atoms with Crippen LogP contribution in [-0.2, 0) is 13.0 Å². The topological polar surface area (TPSA) is 29.9 Å². The molecule has 0 fully saturated rings. The van der Waals surface area contributed by atoms with Crippen LogP contribution in [0.3, 0.4) is 0 Å². The molecule has 0 aliphatic rings. The predicted octanol–water partition coefficient (Wildman–Crippen LogP) is 2.23. The summed E-state index contributed by atoms with van der Waals surface area (Å²) in [4.78, 5) is 0. The summed E-state index contributed by atoms with van der Waals surface area (Å²) in [5.74, 6) is 0. The van der Waals surface area contributed by atoms with E-state index in [0.717, 1.165) is 31.6 Å². The Labute approximate surface area is 98.5 Å². The first-order valence-corrected chi connectivity index (χ1v) is 5.88. The monoisotopic (exact) mass is 221 g/mol. The lowest BCUT2D eigenvalue weighted by atomic mass is 10.1. The minimum atomic E-state index is 0.946. The molecule has 0 amide bonds. The fraction of sp³-hybridized carbons (Fsp3) is 0.615. The summed E-state index contributed by atoms with van der Waals surface area (Å²) >= 11 is 0. The molecule has 0 saturated heterocycles. The Morgan fingerprint density at radius 3 is 2.69 bits per heavy atom. The molecule has 0 spiro atoms. The zero-order chi connectivity index (χ0) is 12.1. The average Bonchev–Trinajstić information content (AvgIpc) is 2.49. The quantitative estimate of drug-likeness (QED) is 0.747. The highest BCUT2D eigenvalue weighted by Gasteiger charge is 2.10. The van der Waals surface area contributed by atoms with Crippen LogP contribution in [0.1, 0.15) is 30.3 Å². The fourth-order valence-corrected chi connectivity index (χ4v) is 1.86. The van der Waals surface area contributed by atoms with Crippen LogP contribution in [0, 0.1) is 13.8 Å². The van der Waals surface area contributed by atoms with Crippen LogP contribution >= 0.6 is 0 Å². The third kappa shape index (κ3) is 3.20. The maximum Gasteiger partial charge on any atom is 0.0628 e. The second-order valence-electron chi connectivity index (χ2n) is 4.43. The molecule has 3 heteroatoms. The van der Waals surface area contributed by atoms with E-state index in [9.17, 15) is 0 Å². The van der Waals surface area contributed by atoms with Gasteiger partial charge >= 0.3 is 0 Å². The lowest BCUT2D eigenvalue weighted by Gasteiger charge is -2.05. The van der Waals surface area contributed by atoms with E-state index >= 15 is 0 Å². The van der Waals surface area contributed by atoms with Crippen LogP contribution in [0.5, 0.6) is 0 Å². The summed E-state index contributed by atoms with van der Waals surface area (Å²) in [6.07, 6.45) is 2.06. The van der Waals surface area contributed by atoms with E-state index in [1.54, 1.807) is 0 Å². The van der Waals surface area contributed by atoms with Gasteiger partial charge in [-0.2, -0.15) is 5.10 Å². The first kappa shape index (κ1) is 13.0. The van der Waals surface area contributed by atoms with Crippen molar-refractivity contribution in [3.63, 3.8) is 0 Å². The summed E-state index contributed by atoms with van der Waals surface area (Å²) in [5.41, 5.74) is 5.06. The molecule has 0 unspecified atom stereocenters. The second kappa shape index (κ2) is 5.85. The van der Waals surface area contributed by atoms with Gasteiger partial charge in [-0.05, 0) is 52.8 Å². The second-order valence-corrected chi connectivity index (χ2v) is 4.43. The van der Waals surface area contributed by atoms with E-state index in [0.29, 0.717) is 0 Å². The fourth-order valence-electron chi connectivity index (χ4n) is 1.86. The number of rotatable bonds is 6. The Hall–Kier alpha value is -1.09. The van der Waals surface area contributed by atoms with Gasteiger partial charge in [0, 0.05) is 12.2 Å². The summed E-state index contributed by atoms with van der Waals surface area (Å²) < 4.78 is 2.11. The Morgan fingerprint density at radius 2 is 2.12 bits per heavy atom. The van der Waals surface area contributed by atoms with Crippen molar-refractivity contribution in [3.05, 3.63) is 29.1 Å². The van der Waals surface area contributed by atoms with Crippen molar-refractivity contribution in [1.29, 1.82) is 0 Å². The van der Waals surface area contributed by atoms with E-state index in [-0.39, 0.29) is 0 Å². The summed E-state index contributed by atoms with van der Waals surface area (Å²) in [5, 5.41) is 7.76. The SMILES string of the molecule is C=C(C)CCn1nc(C)c(CCNC)c1C. The number of hydrogen-bond donors (Lipinski definition) is 1. The van der Waals surface area contributed by atoms with Gasteiger partial charge in [-0.25, -0.2) is 0 Å². The van der Waals surface area contributed by atoms with Gasteiger partial charge in [0.2, 0.25) is 0 Å². The summed E-state index contributed by atoms with van der Waals surface area (Å²) in [7, 11) is 1.98. The molecule has 1 heterocycles. The lowest BCUT2D eigenvalue weighted by molar-refractivity contribution is 0.591. The third-order valence-corrected chi connectivity index (χ3v) is 2.91. The molecule has 0 radical (unpaired) electrons. The van der Waals surface area contributed by atoms with Crippen molar-refractivity contribution in [3.8, 4) is 0 Å². The molecule has 1 aromatic rings. The van der Waals surface area contributed by atoms with E-state index in [4.69, 9.17) is 0 Å². The van der Waals surface area contributed by atoms with E-state index < -0.39 is 0 Å². The van der Waals surface area contributed by atoms with Crippen LogP contribution in [0.25, 0.3) is 0 Å². The molecule has 90 valence electrons. The van der Waals surface area contributed by atoms with E-state index in [2.05, 4.69) is 42.4 Å². The van der Waals surface area contributed by atoms with Gasteiger partial charge in [-0.3, -0.25) is 4.68 Å². The molecule has 16 heavy (non-hydrogen) atoms. The maximum atomic E-state index is 4.58. The predicted molar refractivity (Wildman–Crippen MR) is 68.8 cm³/mol. The van der Waals surface area contributed by atoms with Crippen molar-refractivity contribution >= 4 is 0 Å². The van der Waals surface area contributed by atoms with Gasteiger partial charge in [-0.1, -0.05) is 5.57 Å². The van der Waals surface area contributed by atoms with Crippen LogP contribution < -0.4 is 5.32 Å². The van der Waals surface area contributed by atoms with Crippen molar-refractivity contribution in [2.24, 2.45) is 0 Å². The van der Waals surface area contributed by atoms with Crippen LogP contribution in [0.15, 0.2) is 12.2 Å². The van der Waals surface area contributed by atoms with Crippen molar-refractivity contribution in [1.82, 2.24) is 15.1 Å². The number of nitrogens with zero attached hydrogens (tertiary/aromatic N) is 2. The van der Waals surface area contributed by atoms with Gasteiger partial charge in [0.1, 0.15) is 0 Å². The van der Waals surface area contributed by atoms with Crippen molar-refractivity contribution in [2.75, 3.05) is 13.6 Å². The van der Waals surface area contributed by atoms with Crippen molar-refractivity contribution in [2.45, 2.75) is 40.2 Å². The van der Waals surface area contributed by atoms with Crippen LogP contribution in [-0.4, -0.2) is 23.4 Å². The maximum absolute atomic E-state index is 4.58. The molecule has 1 aromatic heterocycles. The van der Waals surface area contributed by atoms with E-state index in [1.165, 1.54) is 16.8 Å². The molecule has 0 aliphatic heterocycles. The molecule has 0 bridgehead atoms. The molecular formula is C13H23N3. The highest BCUT2D eigenvalue weighted by Crippen LogP contribution is 2.14. The average molecular weight is 221 g/mol. The number of hydrogen-bond acceptors (Lipinski definition) is 2. The van der Waals surface area contributed by atoms with Gasteiger partial charge in [-0.15, -0.1) is 6.58 Å². The number of allylic oxidation sites excluding steroid dienone is 1.